The largest absolute Gasteiger partial charge is 0.480 e. The molecule has 0 fully saturated rings. The lowest BCUT2D eigenvalue weighted by Crippen LogP contribution is -2.13. The van der Waals surface area contributed by atoms with E-state index >= 15 is 0 Å². The van der Waals surface area contributed by atoms with Gasteiger partial charge in [-0.3, -0.25) is 9.59 Å². The van der Waals surface area contributed by atoms with Gasteiger partial charge in [0.05, 0.1) is 5.52 Å². The van der Waals surface area contributed by atoms with Crippen LogP contribution in [0, 0.1) is 0 Å². The van der Waals surface area contributed by atoms with E-state index in [1.165, 1.54) is 16.8 Å². The van der Waals surface area contributed by atoms with Crippen LogP contribution in [0.15, 0.2) is 65.6 Å². The first-order valence-electron chi connectivity index (χ1n) is 6.71. The Hall–Kier alpha value is -3.08. The monoisotopic (exact) mass is 295 g/mol. The number of hydrogen-bond acceptors (Lipinski definition) is 3. The third-order valence-corrected chi connectivity index (χ3v) is 3.23. The molecule has 1 aromatic heterocycles. The summed E-state index contributed by atoms with van der Waals surface area (Å²) >= 11 is 0. The molecule has 0 radical (unpaired) electrons. The molecule has 0 atom stereocenters. The highest BCUT2D eigenvalue weighted by atomic mass is 16.5. The fourth-order valence-electron chi connectivity index (χ4n) is 2.26. The minimum Gasteiger partial charge on any atom is -0.480 e. The van der Waals surface area contributed by atoms with Crippen molar-refractivity contribution in [1.29, 1.82) is 0 Å². The van der Waals surface area contributed by atoms with E-state index in [1.54, 1.807) is 18.2 Å². The van der Waals surface area contributed by atoms with Crippen molar-refractivity contribution < 1.29 is 14.6 Å². The summed E-state index contributed by atoms with van der Waals surface area (Å²) in [6.45, 7) is -0.199. The Morgan fingerprint density at radius 1 is 1.05 bits per heavy atom. The molecule has 0 aliphatic heterocycles. The molecule has 2 aromatic carbocycles. The number of nitrogens with zero attached hydrogens (tertiary/aromatic N) is 1. The van der Waals surface area contributed by atoms with E-state index < -0.39 is 5.97 Å². The maximum Gasteiger partial charge on any atom is 0.323 e. The number of benzene rings is 2. The van der Waals surface area contributed by atoms with Crippen molar-refractivity contribution in [2.45, 2.75) is 6.54 Å². The summed E-state index contributed by atoms with van der Waals surface area (Å²) in [5.41, 5.74) is 0.394. The zero-order chi connectivity index (χ0) is 15.5. The van der Waals surface area contributed by atoms with Gasteiger partial charge in [-0.05, 0) is 30.3 Å². The topological polar surface area (TPSA) is 68.5 Å². The summed E-state index contributed by atoms with van der Waals surface area (Å²) in [6.07, 6.45) is 1.48. The standard InChI is InChI=1S/C17H13NO4/c19-16-8-9-18(11-17(20)21)15-7-6-13(10-14(15)16)22-12-4-2-1-3-5-12/h1-10H,11H2,(H,20,21). The Labute approximate surface area is 126 Å². The number of carboxylic acid groups (broad SMARTS) is 1. The number of ether oxygens (including phenoxy) is 1. The van der Waals surface area contributed by atoms with Gasteiger partial charge in [0.2, 0.25) is 0 Å². The lowest BCUT2D eigenvalue weighted by atomic mass is 10.2. The second-order valence-corrected chi connectivity index (χ2v) is 4.80. The lowest BCUT2D eigenvalue weighted by Gasteiger charge is -2.10. The van der Waals surface area contributed by atoms with Crippen LogP contribution < -0.4 is 10.2 Å². The zero-order valence-corrected chi connectivity index (χ0v) is 11.6. The Kier molecular flexibility index (Phi) is 3.62. The number of carboxylic acids is 1. The van der Waals surface area contributed by atoms with Gasteiger partial charge in [0.1, 0.15) is 18.0 Å². The number of hydrogen-bond donors (Lipinski definition) is 1. The first kappa shape index (κ1) is 13.9. The molecule has 0 amide bonds. The van der Waals surface area contributed by atoms with Crippen molar-refractivity contribution in [2.75, 3.05) is 0 Å². The number of carbonyl (C=O) groups is 1. The molecule has 22 heavy (non-hydrogen) atoms. The Balaban J connectivity index is 2.04. The Bertz CT molecular complexity index is 884. The van der Waals surface area contributed by atoms with Crippen LogP contribution in [0.2, 0.25) is 0 Å². The second kappa shape index (κ2) is 5.73. The first-order valence-corrected chi connectivity index (χ1v) is 6.71. The molecule has 5 nitrogen and oxygen atoms in total. The van der Waals surface area contributed by atoms with Crippen molar-refractivity contribution in [3.05, 3.63) is 71.0 Å². The average molecular weight is 295 g/mol. The van der Waals surface area contributed by atoms with Gasteiger partial charge >= 0.3 is 5.97 Å². The van der Waals surface area contributed by atoms with Crippen LogP contribution in [0.1, 0.15) is 0 Å². The van der Waals surface area contributed by atoms with E-state index in [9.17, 15) is 9.59 Å². The van der Waals surface area contributed by atoms with Crippen LogP contribution in [0.3, 0.4) is 0 Å². The summed E-state index contributed by atoms with van der Waals surface area (Å²) in [6, 6.07) is 15.6. The number of pyridine rings is 1. The van der Waals surface area contributed by atoms with Gasteiger partial charge in [-0.25, -0.2) is 0 Å². The zero-order valence-electron chi connectivity index (χ0n) is 11.6. The number of fused-ring (bicyclic) bond motifs is 1. The first-order chi connectivity index (χ1) is 10.6. The third kappa shape index (κ3) is 2.83. The molecule has 0 aliphatic carbocycles. The highest BCUT2D eigenvalue weighted by molar-refractivity contribution is 5.82. The van der Waals surface area contributed by atoms with Crippen molar-refractivity contribution in [2.24, 2.45) is 0 Å². The Morgan fingerprint density at radius 2 is 1.82 bits per heavy atom. The van der Waals surface area contributed by atoms with Gasteiger partial charge in [0, 0.05) is 17.6 Å². The van der Waals surface area contributed by atoms with Gasteiger partial charge in [0.15, 0.2) is 5.43 Å². The smallest absolute Gasteiger partial charge is 0.323 e. The van der Waals surface area contributed by atoms with E-state index in [0.29, 0.717) is 22.4 Å². The molecule has 0 bridgehead atoms. The van der Waals surface area contributed by atoms with Gasteiger partial charge in [-0.2, -0.15) is 0 Å². The maximum absolute atomic E-state index is 12.0. The number of rotatable bonds is 4. The van der Waals surface area contributed by atoms with E-state index in [0.717, 1.165) is 0 Å². The predicted molar refractivity (Wildman–Crippen MR) is 82.4 cm³/mol. The molecular formula is C17H13NO4. The predicted octanol–water partition coefficient (Wildman–Crippen LogP) is 2.88. The van der Waals surface area contributed by atoms with Crippen LogP contribution in [0.5, 0.6) is 11.5 Å². The van der Waals surface area contributed by atoms with E-state index in [2.05, 4.69) is 0 Å². The Morgan fingerprint density at radius 3 is 2.55 bits per heavy atom. The quantitative estimate of drug-likeness (QED) is 0.803. The van der Waals surface area contributed by atoms with Crippen LogP contribution in [-0.4, -0.2) is 15.6 Å². The SMILES string of the molecule is O=C(O)Cn1ccc(=O)c2cc(Oc3ccccc3)ccc21. The molecule has 1 heterocycles. The maximum atomic E-state index is 12.0. The molecular weight excluding hydrogens is 282 g/mol. The van der Waals surface area contributed by atoms with Crippen molar-refractivity contribution in [1.82, 2.24) is 4.57 Å². The van der Waals surface area contributed by atoms with Gasteiger partial charge in [-0.1, -0.05) is 18.2 Å². The molecule has 0 saturated heterocycles. The molecule has 0 spiro atoms. The molecule has 0 saturated carbocycles. The van der Waals surface area contributed by atoms with Crippen molar-refractivity contribution in [3.8, 4) is 11.5 Å². The highest BCUT2D eigenvalue weighted by Gasteiger charge is 2.07. The highest BCUT2D eigenvalue weighted by Crippen LogP contribution is 2.24. The molecule has 0 unspecified atom stereocenters. The van der Waals surface area contributed by atoms with E-state index in [1.807, 2.05) is 30.3 Å². The fourth-order valence-corrected chi connectivity index (χ4v) is 2.26. The van der Waals surface area contributed by atoms with Crippen LogP contribution in [0.25, 0.3) is 10.9 Å². The molecule has 3 aromatic rings. The summed E-state index contributed by atoms with van der Waals surface area (Å²) in [5.74, 6) is 0.238. The number of aromatic nitrogens is 1. The van der Waals surface area contributed by atoms with E-state index in [-0.39, 0.29) is 12.0 Å². The van der Waals surface area contributed by atoms with Crippen molar-refractivity contribution in [3.63, 3.8) is 0 Å². The fraction of sp³-hybridized carbons (Fsp3) is 0.0588. The summed E-state index contributed by atoms with van der Waals surface area (Å²) in [5, 5.41) is 9.35. The van der Waals surface area contributed by atoms with Crippen LogP contribution in [0.4, 0.5) is 0 Å². The third-order valence-electron chi connectivity index (χ3n) is 3.23. The van der Waals surface area contributed by atoms with Crippen molar-refractivity contribution >= 4 is 16.9 Å². The molecule has 0 aliphatic rings. The summed E-state index contributed by atoms with van der Waals surface area (Å²) < 4.78 is 7.22. The summed E-state index contributed by atoms with van der Waals surface area (Å²) in [4.78, 5) is 22.9. The second-order valence-electron chi connectivity index (χ2n) is 4.80. The lowest BCUT2D eigenvalue weighted by molar-refractivity contribution is -0.137. The molecule has 3 rings (SSSR count). The minimum absolute atomic E-state index is 0.171. The molecule has 5 heteroatoms. The van der Waals surface area contributed by atoms with Crippen LogP contribution >= 0.6 is 0 Å². The number of para-hydroxylation sites is 1. The number of aliphatic carboxylic acids is 1. The molecule has 1 N–H and O–H groups in total. The van der Waals surface area contributed by atoms with Gasteiger partial charge in [0.25, 0.3) is 0 Å². The minimum atomic E-state index is -0.963. The summed E-state index contributed by atoms with van der Waals surface area (Å²) in [7, 11) is 0. The normalized spacial score (nSPS) is 10.5. The van der Waals surface area contributed by atoms with Crippen LogP contribution in [-0.2, 0) is 11.3 Å². The van der Waals surface area contributed by atoms with Gasteiger partial charge < -0.3 is 14.4 Å². The molecule has 110 valence electrons. The van der Waals surface area contributed by atoms with E-state index in [4.69, 9.17) is 9.84 Å². The van der Waals surface area contributed by atoms with Gasteiger partial charge in [-0.15, -0.1) is 0 Å². The average Bonchev–Trinajstić information content (AvgIpc) is 2.51.